The zero-order valence-electron chi connectivity index (χ0n) is 15.5. The number of thiol groups is 1. The molecule has 0 aliphatic carbocycles. The highest BCUT2D eigenvalue weighted by molar-refractivity contribution is 7.75. The largest absolute Gasteiger partial charge is 0.429 e. The Kier molecular flexibility index (Phi) is 5.71. The maximum absolute atomic E-state index is 13.1. The van der Waals surface area contributed by atoms with Gasteiger partial charge in [-0.1, -0.05) is 32.0 Å². The van der Waals surface area contributed by atoms with Crippen molar-refractivity contribution in [3.8, 4) is 5.75 Å². The van der Waals surface area contributed by atoms with Gasteiger partial charge in [0.05, 0.1) is 24.1 Å². The summed E-state index contributed by atoms with van der Waals surface area (Å²) in [6, 6.07) is 14.7. The lowest BCUT2D eigenvalue weighted by Gasteiger charge is -2.23. The minimum atomic E-state index is -0.0864. The van der Waals surface area contributed by atoms with E-state index in [4.69, 9.17) is 4.18 Å². The van der Waals surface area contributed by atoms with Crippen LogP contribution in [0.2, 0.25) is 0 Å². The Morgan fingerprint density at radius 3 is 2.63 bits per heavy atom. The van der Waals surface area contributed by atoms with Crippen LogP contribution >= 0.6 is 12.9 Å². The van der Waals surface area contributed by atoms with Gasteiger partial charge in [-0.25, -0.2) is 0 Å². The lowest BCUT2D eigenvalue weighted by molar-refractivity contribution is 0.0985. The van der Waals surface area contributed by atoms with Gasteiger partial charge in [-0.3, -0.25) is 9.48 Å². The second-order valence-corrected chi connectivity index (χ2v) is 5.98. The fourth-order valence-corrected chi connectivity index (χ4v) is 3.07. The first kappa shape index (κ1) is 18.8. The third kappa shape index (κ3) is 3.64. The first-order chi connectivity index (χ1) is 13.2. The number of amides is 1. The first-order valence-electron chi connectivity index (χ1n) is 8.77. The van der Waals surface area contributed by atoms with E-state index in [2.05, 4.69) is 23.3 Å². The summed E-state index contributed by atoms with van der Waals surface area (Å²) in [6.45, 7) is 4.41. The number of rotatable bonds is 2. The lowest BCUT2D eigenvalue weighted by atomic mass is 10.1. The van der Waals surface area contributed by atoms with E-state index in [0.717, 1.165) is 22.8 Å². The highest BCUT2D eigenvalue weighted by Crippen LogP contribution is 2.38. The fourth-order valence-electron chi connectivity index (χ4n) is 2.96. The normalized spacial score (nSPS) is 11.9. The van der Waals surface area contributed by atoms with Gasteiger partial charge in [-0.15, -0.1) is 0 Å². The van der Waals surface area contributed by atoms with Crippen LogP contribution in [0.3, 0.4) is 0 Å². The molecule has 0 unspecified atom stereocenters. The SMILES string of the molecule is CC.Cn1ncc2c1Nc1ccc(OS)cc1N(C(=O)c1ccccc1)C2. The number of nitrogens with one attached hydrogen (secondary N) is 1. The Hall–Kier alpha value is -2.93. The van der Waals surface area contributed by atoms with E-state index in [1.165, 1.54) is 0 Å². The number of carbonyl (C=O) groups excluding carboxylic acids is 1. The van der Waals surface area contributed by atoms with Crippen LogP contribution in [-0.4, -0.2) is 15.7 Å². The van der Waals surface area contributed by atoms with Crippen LogP contribution in [0, 0.1) is 0 Å². The molecule has 1 aliphatic rings. The van der Waals surface area contributed by atoms with Crippen molar-refractivity contribution in [1.82, 2.24) is 9.78 Å². The Balaban J connectivity index is 0.00000102. The van der Waals surface area contributed by atoms with Crippen molar-refractivity contribution in [1.29, 1.82) is 0 Å². The highest BCUT2D eigenvalue weighted by atomic mass is 32.1. The topological polar surface area (TPSA) is 59.4 Å². The highest BCUT2D eigenvalue weighted by Gasteiger charge is 2.27. The third-order valence-corrected chi connectivity index (χ3v) is 4.44. The molecule has 0 saturated heterocycles. The summed E-state index contributed by atoms with van der Waals surface area (Å²) in [5.41, 5.74) is 3.10. The number of hydrogen-bond acceptors (Lipinski definition) is 5. The van der Waals surface area contributed by atoms with Crippen molar-refractivity contribution in [2.24, 2.45) is 7.05 Å². The number of carbonyl (C=O) groups is 1. The maximum atomic E-state index is 13.1. The molecular weight excluding hydrogens is 360 g/mol. The molecule has 3 aromatic rings. The van der Waals surface area contributed by atoms with E-state index in [-0.39, 0.29) is 5.91 Å². The molecule has 4 rings (SSSR count). The average Bonchev–Trinajstić information content (AvgIpc) is 2.98. The standard InChI is InChI=1S/C18H16N4O2S.C2H6/c1-21-17-13(10-19-21)11-22(18(23)12-5-3-2-4-6-12)16-9-14(24-25)7-8-15(16)20-17;1-2/h2-10,20,25H,11H2,1H3;1-2H3. The average molecular weight is 382 g/mol. The maximum Gasteiger partial charge on any atom is 0.258 e. The lowest BCUT2D eigenvalue weighted by Crippen LogP contribution is -2.29. The van der Waals surface area contributed by atoms with Crippen molar-refractivity contribution in [2.75, 3.05) is 10.2 Å². The Labute approximate surface area is 164 Å². The molecule has 27 heavy (non-hydrogen) atoms. The predicted octanol–water partition coefficient (Wildman–Crippen LogP) is 4.57. The van der Waals surface area contributed by atoms with Gasteiger partial charge in [0.2, 0.25) is 0 Å². The van der Waals surface area contributed by atoms with Crippen LogP contribution in [0.15, 0.2) is 54.7 Å². The second-order valence-electron chi connectivity index (χ2n) is 5.79. The smallest absolute Gasteiger partial charge is 0.258 e. The van der Waals surface area contributed by atoms with Crippen molar-refractivity contribution in [3.05, 3.63) is 65.9 Å². The quantitative estimate of drug-likeness (QED) is 0.503. The summed E-state index contributed by atoms with van der Waals surface area (Å²) in [7, 11) is 1.87. The van der Waals surface area contributed by atoms with E-state index >= 15 is 0 Å². The molecule has 6 nitrogen and oxygen atoms in total. The molecule has 1 amide bonds. The van der Waals surface area contributed by atoms with Gasteiger partial charge < -0.3 is 14.4 Å². The summed E-state index contributed by atoms with van der Waals surface area (Å²) in [5, 5.41) is 7.66. The van der Waals surface area contributed by atoms with Crippen LogP contribution in [0.25, 0.3) is 0 Å². The van der Waals surface area contributed by atoms with Crippen LogP contribution in [0.5, 0.6) is 5.75 Å². The molecule has 1 N–H and O–H groups in total. The molecule has 1 aromatic heterocycles. The monoisotopic (exact) mass is 382 g/mol. The molecular formula is C20H22N4O2S. The van der Waals surface area contributed by atoms with E-state index in [1.54, 1.807) is 27.9 Å². The molecule has 0 radical (unpaired) electrons. The van der Waals surface area contributed by atoms with Crippen LogP contribution < -0.4 is 14.4 Å². The van der Waals surface area contributed by atoms with Gasteiger partial charge >= 0.3 is 0 Å². The van der Waals surface area contributed by atoms with Crippen LogP contribution in [0.1, 0.15) is 29.8 Å². The van der Waals surface area contributed by atoms with Gasteiger partial charge in [-0.05, 0) is 24.3 Å². The summed E-state index contributed by atoms with van der Waals surface area (Å²) in [5.74, 6) is 1.35. The number of aryl methyl sites for hydroxylation is 1. The van der Waals surface area contributed by atoms with Crippen molar-refractivity contribution < 1.29 is 8.98 Å². The molecule has 2 heterocycles. The van der Waals surface area contributed by atoms with Gasteiger partial charge in [0.25, 0.3) is 5.91 Å². The van der Waals surface area contributed by atoms with Crippen LogP contribution in [-0.2, 0) is 13.6 Å². The van der Waals surface area contributed by atoms with Gasteiger partial charge in [0.15, 0.2) is 0 Å². The Morgan fingerprint density at radius 1 is 1.19 bits per heavy atom. The summed E-state index contributed by atoms with van der Waals surface area (Å²) >= 11 is 3.87. The summed E-state index contributed by atoms with van der Waals surface area (Å²) in [6.07, 6.45) is 1.77. The first-order valence-corrected chi connectivity index (χ1v) is 9.14. The molecule has 1 aliphatic heterocycles. The van der Waals surface area contributed by atoms with E-state index in [0.29, 0.717) is 17.9 Å². The van der Waals surface area contributed by atoms with Gasteiger partial charge in [-0.2, -0.15) is 5.10 Å². The Morgan fingerprint density at radius 2 is 1.93 bits per heavy atom. The molecule has 0 saturated carbocycles. The number of hydrogen-bond donors (Lipinski definition) is 2. The third-order valence-electron chi connectivity index (χ3n) is 4.23. The fraction of sp³-hybridized carbons (Fsp3) is 0.200. The number of aromatic nitrogens is 2. The molecule has 0 spiro atoms. The van der Waals surface area contributed by atoms with Crippen LogP contribution in [0.4, 0.5) is 17.2 Å². The Bertz CT molecular complexity index is 940. The summed E-state index contributed by atoms with van der Waals surface area (Å²) < 4.78 is 6.81. The zero-order valence-corrected chi connectivity index (χ0v) is 16.4. The van der Waals surface area contributed by atoms with E-state index in [1.807, 2.05) is 57.3 Å². The predicted molar refractivity (Wildman–Crippen MR) is 111 cm³/mol. The minimum absolute atomic E-state index is 0.0864. The molecule has 0 atom stereocenters. The molecule has 0 fully saturated rings. The number of benzene rings is 2. The summed E-state index contributed by atoms with van der Waals surface area (Å²) in [4.78, 5) is 14.9. The van der Waals surface area contributed by atoms with Gasteiger partial charge in [0, 0.05) is 37.2 Å². The minimum Gasteiger partial charge on any atom is -0.429 e. The van der Waals surface area contributed by atoms with E-state index < -0.39 is 0 Å². The number of anilines is 3. The van der Waals surface area contributed by atoms with Crippen molar-refractivity contribution >= 4 is 36.0 Å². The molecule has 140 valence electrons. The number of fused-ring (bicyclic) bond motifs is 2. The van der Waals surface area contributed by atoms with Gasteiger partial charge in [0.1, 0.15) is 11.6 Å². The van der Waals surface area contributed by atoms with Crippen molar-refractivity contribution in [3.63, 3.8) is 0 Å². The molecule has 2 aromatic carbocycles. The molecule has 7 heteroatoms. The molecule has 0 bridgehead atoms. The number of nitrogens with zero attached hydrogens (tertiary/aromatic N) is 3. The van der Waals surface area contributed by atoms with E-state index in [9.17, 15) is 4.79 Å². The second kappa shape index (κ2) is 8.18. The zero-order chi connectivity index (χ0) is 19.4. The van der Waals surface area contributed by atoms with Crippen molar-refractivity contribution in [2.45, 2.75) is 20.4 Å².